The second kappa shape index (κ2) is 4.19. The van der Waals surface area contributed by atoms with E-state index >= 15 is 0 Å². The molecule has 1 aromatic carbocycles. The van der Waals surface area contributed by atoms with Crippen molar-refractivity contribution < 1.29 is 0 Å². The van der Waals surface area contributed by atoms with Gasteiger partial charge in [0.25, 0.3) is 0 Å². The zero-order chi connectivity index (χ0) is 11.8. The van der Waals surface area contributed by atoms with E-state index in [1.54, 1.807) is 0 Å². The molecule has 0 radical (unpaired) electrons. The Morgan fingerprint density at radius 3 is 2.71 bits per heavy atom. The van der Waals surface area contributed by atoms with Crippen molar-refractivity contribution in [1.29, 1.82) is 0 Å². The number of fused-ring (bicyclic) bond motifs is 1. The Labute approximate surface area is 102 Å². The van der Waals surface area contributed by atoms with Crippen LogP contribution in [-0.2, 0) is 0 Å². The van der Waals surface area contributed by atoms with Gasteiger partial charge in [0.05, 0.1) is 0 Å². The summed E-state index contributed by atoms with van der Waals surface area (Å²) in [5.41, 5.74) is 10.1. The van der Waals surface area contributed by atoms with E-state index in [9.17, 15) is 0 Å². The van der Waals surface area contributed by atoms with Crippen molar-refractivity contribution >= 4 is 10.9 Å². The maximum atomic E-state index is 5.97. The van der Waals surface area contributed by atoms with Crippen molar-refractivity contribution in [3.63, 3.8) is 0 Å². The van der Waals surface area contributed by atoms with Crippen LogP contribution in [0, 0.1) is 6.92 Å². The molecule has 0 unspecified atom stereocenters. The van der Waals surface area contributed by atoms with Gasteiger partial charge in [0.2, 0.25) is 0 Å². The highest BCUT2D eigenvalue weighted by Crippen LogP contribution is 2.34. The standard InChI is InChI=1S/C15H20N2/c1-10-9-17-15-7-4-12(8-14(10)15)11-2-5-13(16)6-3-11/h4,7-9,11,13,17H,2-3,5-6,16H2,1H3. The van der Waals surface area contributed by atoms with Gasteiger partial charge in [0, 0.05) is 23.1 Å². The minimum Gasteiger partial charge on any atom is -0.361 e. The first kappa shape index (κ1) is 10.8. The van der Waals surface area contributed by atoms with E-state index in [0.717, 1.165) is 0 Å². The molecule has 0 spiro atoms. The Morgan fingerprint density at radius 1 is 1.18 bits per heavy atom. The molecule has 3 N–H and O–H groups in total. The number of nitrogens with two attached hydrogens (primary N) is 1. The Bertz CT molecular complexity index is 519. The molecule has 1 fully saturated rings. The topological polar surface area (TPSA) is 41.8 Å². The smallest absolute Gasteiger partial charge is 0.0456 e. The number of rotatable bonds is 1. The molecule has 2 heteroatoms. The molecule has 2 nitrogen and oxygen atoms in total. The second-order valence-electron chi connectivity index (χ2n) is 5.39. The maximum Gasteiger partial charge on any atom is 0.0456 e. The van der Waals surface area contributed by atoms with E-state index in [1.165, 1.54) is 47.7 Å². The number of hydrogen-bond acceptors (Lipinski definition) is 1. The second-order valence-corrected chi connectivity index (χ2v) is 5.39. The molecule has 0 atom stereocenters. The summed E-state index contributed by atoms with van der Waals surface area (Å²) in [6.45, 7) is 2.17. The van der Waals surface area contributed by atoms with E-state index in [1.807, 2.05) is 0 Å². The lowest BCUT2D eigenvalue weighted by molar-refractivity contribution is 0.396. The van der Waals surface area contributed by atoms with Gasteiger partial charge >= 0.3 is 0 Å². The lowest BCUT2D eigenvalue weighted by Gasteiger charge is -2.26. The van der Waals surface area contributed by atoms with Gasteiger partial charge in [-0.05, 0) is 61.8 Å². The van der Waals surface area contributed by atoms with E-state index in [2.05, 4.69) is 36.3 Å². The first-order chi connectivity index (χ1) is 8.24. The van der Waals surface area contributed by atoms with Crippen LogP contribution in [0.3, 0.4) is 0 Å². The fourth-order valence-electron chi connectivity index (χ4n) is 2.98. The molecule has 1 saturated carbocycles. The zero-order valence-electron chi connectivity index (χ0n) is 10.4. The quantitative estimate of drug-likeness (QED) is 0.771. The molecule has 0 bridgehead atoms. The molecule has 0 saturated heterocycles. The van der Waals surface area contributed by atoms with E-state index in [4.69, 9.17) is 5.73 Å². The molecule has 0 aliphatic heterocycles. The Balaban J connectivity index is 1.92. The molecule has 90 valence electrons. The molecule has 0 amide bonds. The summed E-state index contributed by atoms with van der Waals surface area (Å²) in [5, 5.41) is 1.37. The summed E-state index contributed by atoms with van der Waals surface area (Å²) in [6.07, 6.45) is 6.93. The average Bonchev–Trinajstić information content (AvgIpc) is 2.72. The maximum absolute atomic E-state index is 5.97. The van der Waals surface area contributed by atoms with Crippen LogP contribution in [-0.4, -0.2) is 11.0 Å². The zero-order valence-corrected chi connectivity index (χ0v) is 10.4. The first-order valence-electron chi connectivity index (χ1n) is 6.57. The highest BCUT2D eigenvalue weighted by Gasteiger charge is 2.20. The Kier molecular flexibility index (Phi) is 2.67. The van der Waals surface area contributed by atoms with Gasteiger partial charge in [-0.25, -0.2) is 0 Å². The Hall–Kier alpha value is -1.28. The Morgan fingerprint density at radius 2 is 1.94 bits per heavy atom. The number of aromatic nitrogens is 1. The third-order valence-corrected chi connectivity index (χ3v) is 4.16. The monoisotopic (exact) mass is 228 g/mol. The molecule has 1 aromatic heterocycles. The molecule has 3 rings (SSSR count). The number of aryl methyl sites for hydroxylation is 1. The minimum atomic E-state index is 0.434. The summed E-state index contributed by atoms with van der Waals surface area (Å²) >= 11 is 0. The summed E-state index contributed by atoms with van der Waals surface area (Å²) < 4.78 is 0. The molecular weight excluding hydrogens is 208 g/mol. The highest BCUT2D eigenvalue weighted by molar-refractivity contribution is 5.83. The van der Waals surface area contributed by atoms with Crippen molar-refractivity contribution in [2.75, 3.05) is 0 Å². The number of hydrogen-bond donors (Lipinski definition) is 2. The largest absolute Gasteiger partial charge is 0.361 e. The predicted molar refractivity (Wildman–Crippen MR) is 72.2 cm³/mol. The van der Waals surface area contributed by atoms with Crippen LogP contribution < -0.4 is 5.73 Å². The number of aromatic amines is 1. The highest BCUT2D eigenvalue weighted by atomic mass is 14.7. The lowest BCUT2D eigenvalue weighted by Crippen LogP contribution is -2.25. The van der Waals surface area contributed by atoms with Gasteiger partial charge in [0.1, 0.15) is 0 Å². The van der Waals surface area contributed by atoms with E-state index < -0.39 is 0 Å². The SMILES string of the molecule is Cc1c[nH]c2ccc(C3CCC(N)CC3)cc12. The molecule has 1 aliphatic carbocycles. The van der Waals surface area contributed by atoms with Crippen LogP contribution in [0.15, 0.2) is 24.4 Å². The number of benzene rings is 1. The summed E-state index contributed by atoms with van der Waals surface area (Å²) in [7, 11) is 0. The number of H-pyrrole nitrogens is 1. The van der Waals surface area contributed by atoms with Crippen LogP contribution >= 0.6 is 0 Å². The van der Waals surface area contributed by atoms with Crippen LogP contribution in [0.4, 0.5) is 0 Å². The van der Waals surface area contributed by atoms with Gasteiger partial charge in [-0.3, -0.25) is 0 Å². The van der Waals surface area contributed by atoms with Gasteiger partial charge in [-0.2, -0.15) is 0 Å². The van der Waals surface area contributed by atoms with Crippen molar-refractivity contribution in [3.8, 4) is 0 Å². The molecular formula is C15H20N2. The molecule has 2 aromatic rings. The van der Waals surface area contributed by atoms with Crippen molar-refractivity contribution in [2.24, 2.45) is 5.73 Å². The average molecular weight is 228 g/mol. The van der Waals surface area contributed by atoms with Crippen molar-refractivity contribution in [3.05, 3.63) is 35.5 Å². The number of nitrogens with one attached hydrogen (secondary N) is 1. The van der Waals surface area contributed by atoms with Crippen LogP contribution in [0.2, 0.25) is 0 Å². The normalized spacial score (nSPS) is 25.3. The van der Waals surface area contributed by atoms with Crippen LogP contribution in [0.25, 0.3) is 10.9 Å². The minimum absolute atomic E-state index is 0.434. The van der Waals surface area contributed by atoms with Crippen LogP contribution in [0.1, 0.15) is 42.7 Å². The van der Waals surface area contributed by atoms with Gasteiger partial charge in [-0.1, -0.05) is 6.07 Å². The molecule has 1 heterocycles. The third-order valence-electron chi connectivity index (χ3n) is 4.16. The predicted octanol–water partition coefficient (Wildman–Crippen LogP) is 3.46. The van der Waals surface area contributed by atoms with E-state index in [0.29, 0.717) is 12.0 Å². The summed E-state index contributed by atoms with van der Waals surface area (Å²) in [6, 6.07) is 7.29. The first-order valence-corrected chi connectivity index (χ1v) is 6.57. The van der Waals surface area contributed by atoms with E-state index in [-0.39, 0.29) is 0 Å². The summed E-state index contributed by atoms with van der Waals surface area (Å²) in [4.78, 5) is 3.31. The van der Waals surface area contributed by atoms with Crippen molar-refractivity contribution in [2.45, 2.75) is 44.6 Å². The van der Waals surface area contributed by atoms with Crippen LogP contribution in [0.5, 0.6) is 0 Å². The molecule has 17 heavy (non-hydrogen) atoms. The lowest BCUT2D eigenvalue weighted by atomic mass is 9.82. The van der Waals surface area contributed by atoms with Crippen molar-refractivity contribution in [1.82, 2.24) is 4.98 Å². The van der Waals surface area contributed by atoms with Gasteiger partial charge in [-0.15, -0.1) is 0 Å². The fraction of sp³-hybridized carbons (Fsp3) is 0.467. The van der Waals surface area contributed by atoms with Gasteiger partial charge in [0.15, 0.2) is 0 Å². The fourth-order valence-corrected chi connectivity index (χ4v) is 2.98. The van der Waals surface area contributed by atoms with Gasteiger partial charge < -0.3 is 10.7 Å². The molecule has 1 aliphatic rings. The third kappa shape index (κ3) is 1.98. The summed E-state index contributed by atoms with van der Waals surface area (Å²) in [5.74, 6) is 0.716.